The minimum Gasteiger partial charge on any atom is -0.235 e. The van der Waals surface area contributed by atoms with Gasteiger partial charge in [0, 0.05) is 27.6 Å². The van der Waals surface area contributed by atoms with E-state index < -0.39 is 0 Å². The Morgan fingerprint density at radius 1 is 0.383 bits per heavy atom. The first-order chi connectivity index (χ1) is 23.3. The summed E-state index contributed by atoms with van der Waals surface area (Å²) in [6, 6.07) is 54.5. The summed E-state index contributed by atoms with van der Waals surface area (Å²) in [5.74, 6) is 1.95. The summed E-state index contributed by atoms with van der Waals surface area (Å²) in [4.78, 5) is 20.1. The molecule has 220 valence electrons. The van der Waals surface area contributed by atoms with Crippen LogP contribution in [0.1, 0.15) is 0 Å². The number of rotatable bonds is 5. The molecule has 0 spiro atoms. The zero-order valence-electron chi connectivity index (χ0n) is 25.2. The molecule has 0 saturated carbocycles. The van der Waals surface area contributed by atoms with Gasteiger partial charge in [-0.1, -0.05) is 146 Å². The molecule has 2 heterocycles. The fourth-order valence-corrected chi connectivity index (χ4v) is 7.28. The van der Waals surface area contributed by atoms with Crippen molar-refractivity contribution < 1.29 is 0 Å². The van der Waals surface area contributed by atoms with Gasteiger partial charge >= 0.3 is 0 Å². The molecule has 4 nitrogen and oxygen atoms in total. The van der Waals surface area contributed by atoms with E-state index in [2.05, 4.69) is 97.1 Å². The lowest BCUT2D eigenvalue weighted by Gasteiger charge is -2.10. The molecule has 9 rings (SSSR count). The van der Waals surface area contributed by atoms with Crippen LogP contribution in [0.2, 0.25) is 0 Å². The highest BCUT2D eigenvalue weighted by Gasteiger charge is 2.17. The van der Waals surface area contributed by atoms with Crippen molar-refractivity contribution in [2.75, 3.05) is 0 Å². The fraction of sp³-hybridized carbons (Fsp3) is 0. The maximum absolute atomic E-state index is 5.30. The van der Waals surface area contributed by atoms with Crippen LogP contribution in [0.5, 0.6) is 0 Å². The zero-order valence-corrected chi connectivity index (χ0v) is 26.0. The number of aromatic nitrogens is 4. The topological polar surface area (TPSA) is 51.6 Å². The van der Waals surface area contributed by atoms with Crippen molar-refractivity contribution in [2.45, 2.75) is 0 Å². The maximum atomic E-state index is 5.30. The first-order valence-corrected chi connectivity index (χ1v) is 16.4. The molecule has 0 aliphatic heterocycles. The molecule has 7 aromatic carbocycles. The van der Waals surface area contributed by atoms with Gasteiger partial charge in [-0.15, -0.1) is 11.3 Å². The van der Waals surface area contributed by atoms with Gasteiger partial charge in [0.05, 0.1) is 10.2 Å². The van der Waals surface area contributed by atoms with Crippen LogP contribution in [0.4, 0.5) is 0 Å². The van der Waals surface area contributed by atoms with E-state index >= 15 is 0 Å². The molecule has 0 unspecified atom stereocenters. The predicted molar refractivity (Wildman–Crippen MR) is 195 cm³/mol. The van der Waals surface area contributed by atoms with E-state index in [-0.39, 0.29) is 0 Å². The third-order valence-corrected chi connectivity index (χ3v) is 9.61. The van der Waals surface area contributed by atoms with Gasteiger partial charge in [0.25, 0.3) is 0 Å². The van der Waals surface area contributed by atoms with Crippen molar-refractivity contribution >= 4 is 43.1 Å². The Morgan fingerprint density at radius 3 is 1.57 bits per heavy atom. The first-order valence-electron chi connectivity index (χ1n) is 15.6. The van der Waals surface area contributed by atoms with Gasteiger partial charge in [-0.3, -0.25) is 0 Å². The highest BCUT2D eigenvalue weighted by molar-refractivity contribution is 7.21. The van der Waals surface area contributed by atoms with E-state index in [1.807, 2.05) is 60.7 Å². The number of thiazole rings is 1. The van der Waals surface area contributed by atoms with E-state index in [1.165, 1.54) is 21.2 Å². The Kier molecular flexibility index (Phi) is 6.61. The van der Waals surface area contributed by atoms with Crippen LogP contribution >= 0.6 is 11.3 Å². The average Bonchev–Trinajstić information content (AvgIpc) is 3.60. The second-order valence-electron chi connectivity index (χ2n) is 11.5. The Labute approximate surface area is 275 Å². The van der Waals surface area contributed by atoms with Crippen LogP contribution in [-0.2, 0) is 0 Å². The summed E-state index contributed by atoms with van der Waals surface area (Å²) < 4.78 is 1.17. The van der Waals surface area contributed by atoms with Crippen LogP contribution in [0.25, 0.3) is 87.6 Å². The molecular formula is C42H26N4S. The van der Waals surface area contributed by atoms with E-state index in [0.29, 0.717) is 17.5 Å². The normalized spacial score (nSPS) is 11.4. The minimum absolute atomic E-state index is 0.645. The molecule has 0 saturated heterocycles. The van der Waals surface area contributed by atoms with Crippen LogP contribution in [0.3, 0.4) is 0 Å². The molecule has 47 heavy (non-hydrogen) atoms. The lowest BCUT2D eigenvalue weighted by atomic mass is 9.99. The van der Waals surface area contributed by atoms with Crippen molar-refractivity contribution in [3.63, 3.8) is 0 Å². The molecule has 0 bridgehead atoms. The summed E-state index contributed by atoms with van der Waals surface area (Å²) in [5.41, 5.74) is 7.40. The summed E-state index contributed by atoms with van der Waals surface area (Å²) in [7, 11) is 0. The van der Waals surface area contributed by atoms with Crippen LogP contribution in [0, 0.1) is 0 Å². The quantitative estimate of drug-likeness (QED) is 0.180. The lowest BCUT2D eigenvalue weighted by Crippen LogP contribution is -2.00. The summed E-state index contributed by atoms with van der Waals surface area (Å²) in [5, 5.41) is 5.63. The molecule has 0 N–H and O–H groups in total. The largest absolute Gasteiger partial charge is 0.235 e. The van der Waals surface area contributed by atoms with Crippen molar-refractivity contribution in [3.05, 3.63) is 158 Å². The molecule has 9 aromatic rings. The van der Waals surface area contributed by atoms with Gasteiger partial charge in [0.2, 0.25) is 0 Å². The Bertz CT molecular complexity index is 2500. The summed E-state index contributed by atoms with van der Waals surface area (Å²) >= 11 is 1.74. The molecule has 0 radical (unpaired) electrons. The average molecular weight is 619 g/mol. The van der Waals surface area contributed by atoms with Gasteiger partial charge < -0.3 is 0 Å². The van der Waals surface area contributed by atoms with Gasteiger partial charge in [-0.2, -0.15) is 0 Å². The van der Waals surface area contributed by atoms with E-state index in [1.54, 1.807) is 11.3 Å². The molecule has 0 aliphatic rings. The monoisotopic (exact) mass is 618 g/mol. The zero-order chi connectivity index (χ0) is 31.2. The number of hydrogen-bond donors (Lipinski definition) is 0. The maximum Gasteiger partial charge on any atom is 0.164 e. The SMILES string of the molecule is c1ccc(-c2nc(-c3ccccc3)nc(-c3ccc4c(ccc5ccc6sc(-c7ccccc7-c7ccccc7)nc6c54)c3)n2)cc1. The number of benzene rings is 7. The molecular weight excluding hydrogens is 593 g/mol. The fourth-order valence-electron chi connectivity index (χ4n) is 6.27. The van der Waals surface area contributed by atoms with Crippen LogP contribution in [-0.4, -0.2) is 19.9 Å². The predicted octanol–water partition coefficient (Wildman–Crippen LogP) is 11.1. The third kappa shape index (κ3) is 4.94. The Morgan fingerprint density at radius 2 is 0.915 bits per heavy atom. The molecule has 0 fully saturated rings. The van der Waals surface area contributed by atoms with Crippen molar-refractivity contribution in [1.82, 2.24) is 19.9 Å². The molecule has 0 atom stereocenters. The number of nitrogens with zero attached hydrogens (tertiary/aromatic N) is 4. The third-order valence-electron chi connectivity index (χ3n) is 8.56. The molecule has 0 amide bonds. The standard InChI is InChI=1S/C42H26N4S/c1-4-12-27(13-5-1)33-18-10-11-19-35(33)42-43-38-36(47-42)25-23-28-20-21-31-26-32(22-24-34(31)37(28)38)41-45-39(29-14-6-2-7-15-29)44-40(46-41)30-16-8-3-9-17-30/h1-26H. The summed E-state index contributed by atoms with van der Waals surface area (Å²) in [6.45, 7) is 0. The van der Waals surface area contributed by atoms with E-state index in [9.17, 15) is 0 Å². The lowest BCUT2D eigenvalue weighted by molar-refractivity contribution is 1.07. The van der Waals surface area contributed by atoms with Crippen molar-refractivity contribution in [1.29, 1.82) is 0 Å². The van der Waals surface area contributed by atoms with Crippen LogP contribution in [0.15, 0.2) is 158 Å². The van der Waals surface area contributed by atoms with Crippen LogP contribution < -0.4 is 0 Å². The second kappa shape index (κ2) is 11.4. The molecule has 5 heteroatoms. The molecule has 2 aromatic heterocycles. The number of hydrogen-bond acceptors (Lipinski definition) is 5. The highest BCUT2D eigenvalue weighted by Crippen LogP contribution is 2.41. The Balaban J connectivity index is 1.20. The van der Waals surface area contributed by atoms with E-state index in [0.717, 1.165) is 48.9 Å². The van der Waals surface area contributed by atoms with Gasteiger partial charge in [-0.05, 0) is 39.4 Å². The first kappa shape index (κ1) is 27.3. The van der Waals surface area contributed by atoms with Gasteiger partial charge in [-0.25, -0.2) is 19.9 Å². The molecule has 0 aliphatic carbocycles. The minimum atomic E-state index is 0.645. The smallest absolute Gasteiger partial charge is 0.164 e. The summed E-state index contributed by atoms with van der Waals surface area (Å²) in [6.07, 6.45) is 0. The van der Waals surface area contributed by atoms with Crippen molar-refractivity contribution in [3.8, 4) is 55.9 Å². The van der Waals surface area contributed by atoms with Gasteiger partial charge in [0.15, 0.2) is 17.5 Å². The van der Waals surface area contributed by atoms with Gasteiger partial charge in [0.1, 0.15) is 5.01 Å². The van der Waals surface area contributed by atoms with E-state index in [4.69, 9.17) is 19.9 Å². The number of fused-ring (bicyclic) bond motifs is 5. The Hall–Kier alpha value is -6.04. The highest BCUT2D eigenvalue weighted by atomic mass is 32.1. The second-order valence-corrected chi connectivity index (χ2v) is 12.5. The van der Waals surface area contributed by atoms with Crippen molar-refractivity contribution in [2.24, 2.45) is 0 Å².